The van der Waals surface area contributed by atoms with Crippen LogP contribution >= 0.6 is 11.8 Å². The first-order valence-corrected chi connectivity index (χ1v) is 11.3. The number of para-hydroxylation sites is 1. The van der Waals surface area contributed by atoms with E-state index in [-0.39, 0.29) is 22.1 Å². The number of thioether (sulfide) groups is 1. The van der Waals surface area contributed by atoms with E-state index in [0.29, 0.717) is 18.8 Å². The predicted octanol–water partition coefficient (Wildman–Crippen LogP) is 2.54. The molecule has 2 aromatic rings. The fourth-order valence-electron chi connectivity index (χ4n) is 2.48. The van der Waals surface area contributed by atoms with Gasteiger partial charge in [-0.05, 0) is 36.6 Å². The Morgan fingerprint density at radius 1 is 1.10 bits per heavy atom. The number of anilines is 2. The molecule has 0 spiro atoms. The van der Waals surface area contributed by atoms with Crippen molar-refractivity contribution in [1.29, 1.82) is 0 Å². The van der Waals surface area contributed by atoms with Gasteiger partial charge in [0.25, 0.3) is 15.9 Å². The molecule has 0 aromatic heterocycles. The first kappa shape index (κ1) is 22.7. The second-order valence-corrected chi connectivity index (χ2v) is 8.47. The SMILES string of the molecule is COCCNC(=O)c1ccccc1NS(=O)(=O)c1ccc(SC)c(NC(C)=O)c1. The third-order valence-electron chi connectivity index (χ3n) is 3.80. The molecule has 3 N–H and O–H groups in total. The van der Waals surface area contributed by atoms with Gasteiger partial charge in [-0.2, -0.15) is 0 Å². The molecule has 8 nitrogen and oxygen atoms in total. The summed E-state index contributed by atoms with van der Waals surface area (Å²) < 4.78 is 33.1. The molecule has 0 heterocycles. The molecular weight excluding hydrogens is 414 g/mol. The summed E-state index contributed by atoms with van der Waals surface area (Å²) in [7, 11) is -2.47. The molecule has 0 radical (unpaired) electrons. The summed E-state index contributed by atoms with van der Waals surface area (Å²) in [5.74, 6) is -0.724. The number of methoxy groups -OCH3 is 1. The van der Waals surface area contributed by atoms with E-state index in [2.05, 4.69) is 15.4 Å². The summed E-state index contributed by atoms with van der Waals surface area (Å²) in [6, 6.07) is 10.8. The highest BCUT2D eigenvalue weighted by Crippen LogP contribution is 2.29. The molecule has 0 saturated carbocycles. The van der Waals surface area contributed by atoms with Crippen LogP contribution in [0.4, 0.5) is 11.4 Å². The van der Waals surface area contributed by atoms with Gasteiger partial charge in [0, 0.05) is 25.5 Å². The quantitative estimate of drug-likeness (QED) is 0.410. The summed E-state index contributed by atoms with van der Waals surface area (Å²) in [6.45, 7) is 1.99. The van der Waals surface area contributed by atoms with Crippen LogP contribution in [0.5, 0.6) is 0 Å². The molecule has 0 aliphatic heterocycles. The number of hydrogen-bond acceptors (Lipinski definition) is 6. The van der Waals surface area contributed by atoms with Gasteiger partial charge in [-0.15, -0.1) is 11.8 Å². The molecule has 0 aliphatic carbocycles. The molecule has 156 valence electrons. The van der Waals surface area contributed by atoms with Crippen molar-refractivity contribution in [2.45, 2.75) is 16.7 Å². The van der Waals surface area contributed by atoms with Gasteiger partial charge >= 0.3 is 0 Å². The topological polar surface area (TPSA) is 114 Å². The van der Waals surface area contributed by atoms with Gasteiger partial charge in [-0.1, -0.05) is 12.1 Å². The average Bonchev–Trinajstić information content (AvgIpc) is 2.67. The largest absolute Gasteiger partial charge is 0.383 e. The van der Waals surface area contributed by atoms with Gasteiger partial charge in [0.2, 0.25) is 5.91 Å². The second kappa shape index (κ2) is 10.3. The van der Waals surface area contributed by atoms with Crippen molar-refractivity contribution in [2.24, 2.45) is 0 Å². The van der Waals surface area contributed by atoms with Crippen molar-refractivity contribution >= 4 is 45.0 Å². The molecule has 0 saturated heterocycles. The van der Waals surface area contributed by atoms with E-state index < -0.39 is 15.9 Å². The van der Waals surface area contributed by atoms with Crippen molar-refractivity contribution in [1.82, 2.24) is 5.32 Å². The van der Waals surface area contributed by atoms with Crippen LogP contribution in [0.25, 0.3) is 0 Å². The lowest BCUT2D eigenvalue weighted by Gasteiger charge is -2.14. The summed E-state index contributed by atoms with van der Waals surface area (Å²) in [5, 5.41) is 5.29. The van der Waals surface area contributed by atoms with Gasteiger partial charge < -0.3 is 15.4 Å². The number of carbonyl (C=O) groups excluding carboxylic acids is 2. The van der Waals surface area contributed by atoms with Gasteiger partial charge in [-0.3, -0.25) is 14.3 Å². The maximum Gasteiger partial charge on any atom is 0.261 e. The third kappa shape index (κ3) is 6.21. The highest BCUT2D eigenvalue weighted by atomic mass is 32.2. The van der Waals surface area contributed by atoms with E-state index >= 15 is 0 Å². The summed E-state index contributed by atoms with van der Waals surface area (Å²) in [6.07, 6.45) is 1.82. The zero-order chi connectivity index (χ0) is 21.4. The van der Waals surface area contributed by atoms with Gasteiger partial charge in [0.05, 0.1) is 28.4 Å². The molecule has 2 rings (SSSR count). The molecule has 0 unspecified atom stereocenters. The van der Waals surface area contributed by atoms with Crippen LogP contribution in [0, 0.1) is 0 Å². The molecule has 2 amide bonds. The lowest BCUT2D eigenvalue weighted by Crippen LogP contribution is -2.28. The van der Waals surface area contributed by atoms with E-state index in [0.717, 1.165) is 4.90 Å². The number of ether oxygens (including phenoxy) is 1. The summed E-state index contributed by atoms with van der Waals surface area (Å²) in [4.78, 5) is 24.5. The van der Waals surface area contributed by atoms with Gasteiger partial charge in [-0.25, -0.2) is 8.42 Å². The Bertz CT molecular complexity index is 993. The number of rotatable bonds is 9. The molecule has 0 bridgehead atoms. The fraction of sp³-hybridized carbons (Fsp3) is 0.263. The standard InChI is InChI=1S/C19H23N3O5S2/c1-13(23)21-17-12-14(8-9-18(17)28-3)29(25,26)22-16-7-5-4-6-15(16)19(24)20-10-11-27-2/h4-9,12,22H,10-11H2,1-3H3,(H,20,24)(H,21,23). The normalized spacial score (nSPS) is 11.0. The highest BCUT2D eigenvalue weighted by molar-refractivity contribution is 7.98. The first-order valence-electron chi connectivity index (χ1n) is 8.63. The van der Waals surface area contributed by atoms with Crippen molar-refractivity contribution < 1.29 is 22.7 Å². The molecule has 0 atom stereocenters. The molecule has 0 aliphatic rings. The lowest BCUT2D eigenvalue weighted by atomic mass is 10.2. The van der Waals surface area contributed by atoms with Crippen LogP contribution in [-0.4, -0.2) is 46.7 Å². The zero-order valence-electron chi connectivity index (χ0n) is 16.3. The van der Waals surface area contributed by atoms with Crippen molar-refractivity contribution in [3.63, 3.8) is 0 Å². The van der Waals surface area contributed by atoms with Gasteiger partial charge in [0.15, 0.2) is 0 Å². The van der Waals surface area contributed by atoms with Crippen LogP contribution in [0.3, 0.4) is 0 Å². The minimum absolute atomic E-state index is 0.0337. The number of nitrogens with one attached hydrogen (secondary N) is 3. The van der Waals surface area contributed by atoms with Crippen LogP contribution in [0.2, 0.25) is 0 Å². The Kier molecular flexibility index (Phi) is 8.06. The lowest BCUT2D eigenvalue weighted by molar-refractivity contribution is -0.114. The number of carbonyl (C=O) groups is 2. The minimum atomic E-state index is -3.99. The van der Waals surface area contributed by atoms with Crippen LogP contribution in [0.15, 0.2) is 52.3 Å². The summed E-state index contributed by atoms with van der Waals surface area (Å²) in [5.41, 5.74) is 0.742. The minimum Gasteiger partial charge on any atom is -0.383 e. The van der Waals surface area contributed by atoms with Crippen LogP contribution in [-0.2, 0) is 19.6 Å². The van der Waals surface area contributed by atoms with Crippen LogP contribution < -0.4 is 15.4 Å². The Balaban J connectivity index is 2.32. The Hall–Kier alpha value is -2.56. The smallest absolute Gasteiger partial charge is 0.261 e. The number of amides is 2. The van der Waals surface area contributed by atoms with Crippen molar-refractivity contribution in [3.8, 4) is 0 Å². The molecule has 0 fully saturated rings. The average molecular weight is 438 g/mol. The number of benzene rings is 2. The Morgan fingerprint density at radius 3 is 2.48 bits per heavy atom. The second-order valence-electron chi connectivity index (χ2n) is 5.94. The summed E-state index contributed by atoms with van der Waals surface area (Å²) >= 11 is 1.38. The van der Waals surface area contributed by atoms with E-state index in [1.54, 1.807) is 18.2 Å². The number of hydrogen-bond donors (Lipinski definition) is 3. The van der Waals surface area contributed by atoms with Crippen molar-refractivity contribution in [3.05, 3.63) is 48.0 Å². The van der Waals surface area contributed by atoms with E-state index in [9.17, 15) is 18.0 Å². The molecule has 29 heavy (non-hydrogen) atoms. The maximum atomic E-state index is 12.9. The van der Waals surface area contributed by atoms with E-state index in [1.807, 2.05) is 6.26 Å². The van der Waals surface area contributed by atoms with Gasteiger partial charge in [0.1, 0.15) is 0 Å². The third-order valence-corrected chi connectivity index (χ3v) is 5.96. The molecule has 2 aromatic carbocycles. The molecular formula is C19H23N3O5S2. The van der Waals surface area contributed by atoms with Crippen LogP contribution in [0.1, 0.15) is 17.3 Å². The predicted molar refractivity (Wildman–Crippen MR) is 114 cm³/mol. The Morgan fingerprint density at radius 2 is 1.83 bits per heavy atom. The fourth-order valence-corrected chi connectivity index (χ4v) is 4.12. The zero-order valence-corrected chi connectivity index (χ0v) is 17.9. The number of sulfonamides is 1. The monoisotopic (exact) mass is 437 g/mol. The highest BCUT2D eigenvalue weighted by Gasteiger charge is 2.20. The molecule has 10 heteroatoms. The van der Waals surface area contributed by atoms with E-state index in [1.165, 1.54) is 50.1 Å². The first-order chi connectivity index (χ1) is 13.8. The van der Waals surface area contributed by atoms with E-state index in [4.69, 9.17) is 4.74 Å². The van der Waals surface area contributed by atoms with Crippen molar-refractivity contribution in [2.75, 3.05) is 36.6 Å². The Labute approximate surface area is 174 Å². The maximum absolute atomic E-state index is 12.9.